The first kappa shape index (κ1) is 13.1. The minimum atomic E-state index is -3.77. The van der Waals surface area contributed by atoms with Crippen LogP contribution in [0, 0.1) is 0 Å². The van der Waals surface area contributed by atoms with Crippen LogP contribution in [0.1, 0.15) is 6.92 Å². The summed E-state index contributed by atoms with van der Waals surface area (Å²) in [5.74, 6) is 0. The molecule has 0 saturated carbocycles. The van der Waals surface area contributed by atoms with Crippen LogP contribution in [-0.4, -0.2) is 47.2 Å². The smallest absolute Gasteiger partial charge is 0.244 e. The van der Waals surface area contributed by atoms with E-state index in [1.807, 2.05) is 0 Å². The van der Waals surface area contributed by atoms with Crippen molar-refractivity contribution in [3.05, 3.63) is 12.4 Å². The highest BCUT2D eigenvalue weighted by Gasteiger charge is 2.30. The topological polar surface area (TPSA) is 104 Å². The van der Waals surface area contributed by atoms with Crippen molar-refractivity contribution in [2.24, 2.45) is 7.05 Å². The molecule has 0 aromatic carbocycles. The molecule has 0 aliphatic heterocycles. The first-order valence-electron chi connectivity index (χ1n) is 4.57. The number of hydrogen-bond acceptors (Lipinski definition) is 5. The molecular weight excluding hydrogens is 234 g/mol. The zero-order valence-corrected chi connectivity index (χ0v) is 9.90. The van der Waals surface area contributed by atoms with E-state index in [2.05, 4.69) is 9.82 Å². The number of rotatable bonds is 5. The van der Waals surface area contributed by atoms with Gasteiger partial charge in [-0.3, -0.25) is 4.68 Å². The van der Waals surface area contributed by atoms with Crippen molar-refractivity contribution in [1.29, 1.82) is 0 Å². The summed E-state index contributed by atoms with van der Waals surface area (Å²) in [6, 6.07) is 0. The Morgan fingerprint density at radius 3 is 2.44 bits per heavy atom. The van der Waals surface area contributed by atoms with Gasteiger partial charge in [-0.2, -0.15) is 5.10 Å². The lowest BCUT2D eigenvalue weighted by Crippen LogP contribution is -2.51. The molecule has 0 spiro atoms. The standard InChI is InChI=1S/C8H15N3O4S/c1-8(5-12,6-13)10-16(14,15)7-3-9-11(2)4-7/h3-4,10,12-13H,5-6H2,1-2H3. The summed E-state index contributed by atoms with van der Waals surface area (Å²) >= 11 is 0. The molecule has 0 aliphatic carbocycles. The van der Waals surface area contributed by atoms with Crippen molar-refractivity contribution >= 4 is 10.0 Å². The number of nitrogens with one attached hydrogen (secondary N) is 1. The van der Waals surface area contributed by atoms with E-state index in [-0.39, 0.29) is 4.90 Å². The second kappa shape index (κ2) is 4.50. The Kier molecular flexibility index (Phi) is 3.68. The first-order chi connectivity index (χ1) is 7.33. The van der Waals surface area contributed by atoms with E-state index in [1.165, 1.54) is 24.0 Å². The lowest BCUT2D eigenvalue weighted by molar-refractivity contribution is 0.122. The molecule has 16 heavy (non-hydrogen) atoms. The third kappa shape index (κ3) is 2.79. The van der Waals surface area contributed by atoms with Crippen molar-refractivity contribution < 1.29 is 18.6 Å². The van der Waals surface area contributed by atoms with E-state index in [1.54, 1.807) is 7.05 Å². The summed E-state index contributed by atoms with van der Waals surface area (Å²) in [5.41, 5.74) is -1.28. The molecule has 7 nitrogen and oxygen atoms in total. The minimum Gasteiger partial charge on any atom is -0.394 e. The van der Waals surface area contributed by atoms with E-state index in [9.17, 15) is 8.42 Å². The number of aryl methyl sites for hydroxylation is 1. The molecule has 1 aromatic rings. The van der Waals surface area contributed by atoms with Gasteiger partial charge in [0, 0.05) is 13.2 Å². The van der Waals surface area contributed by atoms with Gasteiger partial charge in [0.1, 0.15) is 4.90 Å². The number of aliphatic hydroxyl groups is 2. The first-order valence-corrected chi connectivity index (χ1v) is 6.06. The van der Waals surface area contributed by atoms with Crippen LogP contribution in [-0.2, 0) is 17.1 Å². The third-order valence-corrected chi connectivity index (χ3v) is 3.66. The molecule has 8 heteroatoms. The monoisotopic (exact) mass is 249 g/mol. The van der Waals surface area contributed by atoms with Gasteiger partial charge in [-0.05, 0) is 6.92 Å². The molecule has 92 valence electrons. The third-order valence-electron chi connectivity index (χ3n) is 2.07. The number of hydrogen-bond donors (Lipinski definition) is 3. The van der Waals surface area contributed by atoms with Crippen LogP contribution in [0.3, 0.4) is 0 Å². The van der Waals surface area contributed by atoms with Crippen molar-refractivity contribution in [3.8, 4) is 0 Å². The van der Waals surface area contributed by atoms with Gasteiger partial charge in [0.2, 0.25) is 10.0 Å². The van der Waals surface area contributed by atoms with Crippen molar-refractivity contribution in [2.45, 2.75) is 17.4 Å². The van der Waals surface area contributed by atoms with Crippen LogP contribution in [0.15, 0.2) is 17.3 Å². The maximum Gasteiger partial charge on any atom is 0.244 e. The summed E-state index contributed by atoms with van der Waals surface area (Å²) in [6.07, 6.45) is 2.52. The molecule has 3 N–H and O–H groups in total. The zero-order valence-electron chi connectivity index (χ0n) is 9.08. The van der Waals surface area contributed by atoms with Gasteiger partial charge in [-0.1, -0.05) is 0 Å². The average molecular weight is 249 g/mol. The molecule has 0 atom stereocenters. The highest BCUT2D eigenvalue weighted by molar-refractivity contribution is 7.89. The lowest BCUT2D eigenvalue weighted by atomic mass is 10.1. The van der Waals surface area contributed by atoms with Gasteiger partial charge >= 0.3 is 0 Å². The SMILES string of the molecule is Cn1cc(S(=O)(=O)NC(C)(CO)CO)cn1. The summed E-state index contributed by atoms with van der Waals surface area (Å²) in [4.78, 5) is -0.0110. The zero-order chi connectivity index (χ0) is 12.4. The van der Waals surface area contributed by atoms with E-state index in [0.29, 0.717) is 0 Å². The number of aliphatic hydroxyl groups excluding tert-OH is 2. The molecule has 0 saturated heterocycles. The van der Waals surface area contributed by atoms with Gasteiger partial charge in [0.25, 0.3) is 0 Å². The van der Waals surface area contributed by atoms with Crippen LogP contribution in [0.5, 0.6) is 0 Å². The number of sulfonamides is 1. The molecule has 0 unspecified atom stereocenters. The lowest BCUT2D eigenvalue weighted by Gasteiger charge is -2.25. The molecule has 0 amide bonds. The predicted molar refractivity (Wildman–Crippen MR) is 56.1 cm³/mol. The van der Waals surface area contributed by atoms with Gasteiger partial charge < -0.3 is 10.2 Å². The average Bonchev–Trinajstić information content (AvgIpc) is 2.65. The Labute approximate surface area is 93.8 Å². The fourth-order valence-corrected chi connectivity index (χ4v) is 2.41. The second-order valence-electron chi connectivity index (χ2n) is 3.83. The predicted octanol–water partition coefficient (Wildman–Crippen LogP) is -1.56. The Balaban J connectivity index is 2.96. The summed E-state index contributed by atoms with van der Waals surface area (Å²) in [5, 5.41) is 21.7. The van der Waals surface area contributed by atoms with Gasteiger partial charge in [0.05, 0.1) is 24.9 Å². The van der Waals surface area contributed by atoms with Crippen LogP contribution in [0.25, 0.3) is 0 Å². The summed E-state index contributed by atoms with van der Waals surface area (Å²) < 4.78 is 27.2. The van der Waals surface area contributed by atoms with E-state index < -0.39 is 28.8 Å². The van der Waals surface area contributed by atoms with Crippen molar-refractivity contribution in [3.63, 3.8) is 0 Å². The van der Waals surface area contributed by atoms with Crippen LogP contribution >= 0.6 is 0 Å². The van der Waals surface area contributed by atoms with Crippen LogP contribution in [0.2, 0.25) is 0 Å². The molecule has 1 heterocycles. The minimum absolute atomic E-state index is 0.0110. The largest absolute Gasteiger partial charge is 0.394 e. The highest BCUT2D eigenvalue weighted by Crippen LogP contribution is 2.11. The molecule has 1 rings (SSSR count). The Morgan fingerprint density at radius 2 is 2.06 bits per heavy atom. The quantitative estimate of drug-likeness (QED) is 0.585. The highest BCUT2D eigenvalue weighted by atomic mass is 32.2. The maximum atomic E-state index is 11.8. The Morgan fingerprint density at radius 1 is 1.50 bits per heavy atom. The second-order valence-corrected chi connectivity index (χ2v) is 5.51. The Hall–Kier alpha value is -0.960. The Bertz CT molecular complexity index is 450. The summed E-state index contributed by atoms with van der Waals surface area (Å²) in [7, 11) is -2.18. The molecule has 0 bridgehead atoms. The maximum absolute atomic E-state index is 11.8. The fraction of sp³-hybridized carbons (Fsp3) is 0.625. The van der Waals surface area contributed by atoms with E-state index in [4.69, 9.17) is 10.2 Å². The van der Waals surface area contributed by atoms with E-state index >= 15 is 0 Å². The fourth-order valence-electron chi connectivity index (χ4n) is 1.04. The van der Waals surface area contributed by atoms with Gasteiger partial charge in [-0.25, -0.2) is 13.1 Å². The molecule has 0 radical (unpaired) electrons. The van der Waals surface area contributed by atoms with Crippen LogP contribution < -0.4 is 4.72 Å². The van der Waals surface area contributed by atoms with E-state index in [0.717, 1.165) is 0 Å². The van der Waals surface area contributed by atoms with Gasteiger partial charge in [-0.15, -0.1) is 0 Å². The molecular formula is C8H15N3O4S. The van der Waals surface area contributed by atoms with Crippen LogP contribution in [0.4, 0.5) is 0 Å². The normalized spacial score (nSPS) is 13.0. The molecule has 0 aliphatic rings. The summed E-state index contributed by atoms with van der Waals surface area (Å²) in [6.45, 7) is 0.410. The number of aromatic nitrogens is 2. The molecule has 0 fully saturated rings. The van der Waals surface area contributed by atoms with Crippen molar-refractivity contribution in [2.75, 3.05) is 13.2 Å². The molecule has 1 aromatic heterocycles. The van der Waals surface area contributed by atoms with Gasteiger partial charge in [0.15, 0.2) is 0 Å². The van der Waals surface area contributed by atoms with Crippen molar-refractivity contribution in [1.82, 2.24) is 14.5 Å². The number of nitrogens with zero attached hydrogens (tertiary/aromatic N) is 2.